The fraction of sp³-hybridized carbons (Fsp3) is 0.588. The Morgan fingerprint density at radius 2 is 1.87 bits per heavy atom. The summed E-state index contributed by atoms with van der Waals surface area (Å²) in [5, 5.41) is 11.7. The Morgan fingerprint density at radius 1 is 1.22 bits per heavy atom. The van der Waals surface area contributed by atoms with Crippen LogP contribution in [0.3, 0.4) is 0 Å². The molecule has 1 fully saturated rings. The molecule has 1 atom stereocenters. The van der Waals surface area contributed by atoms with Crippen molar-refractivity contribution in [2.24, 2.45) is 0 Å². The van der Waals surface area contributed by atoms with Crippen LogP contribution in [0.5, 0.6) is 0 Å². The normalized spacial score (nSPS) is 24.2. The third-order valence-corrected chi connectivity index (χ3v) is 5.04. The van der Waals surface area contributed by atoms with E-state index >= 15 is 0 Å². The van der Waals surface area contributed by atoms with Crippen molar-refractivity contribution in [1.29, 1.82) is 0 Å². The lowest BCUT2D eigenvalue weighted by Crippen LogP contribution is -2.68. The van der Waals surface area contributed by atoms with Crippen LogP contribution in [0.15, 0.2) is 18.2 Å². The summed E-state index contributed by atoms with van der Waals surface area (Å²) < 4.78 is 0. The Hall–Kier alpha value is -0.970. The van der Waals surface area contributed by atoms with E-state index in [-0.39, 0.29) is 6.03 Å². The van der Waals surface area contributed by atoms with Crippen LogP contribution in [0, 0.1) is 0 Å². The number of carbonyl (C=O) groups is 1. The molecule has 1 unspecified atom stereocenters. The third-order valence-electron chi connectivity index (χ3n) is 4.30. The standard InChI is InChI=1S/C17H24Cl2N2O2/c1-5-6-9-20-15(22)21(17(4,23)11-16(20,2)3)12-7-8-13(18)14(19)10-12/h7-8,10,23H,5-6,9,11H2,1-4H3. The van der Waals surface area contributed by atoms with Crippen molar-refractivity contribution < 1.29 is 9.90 Å². The second-order valence-corrected chi connectivity index (χ2v) is 7.74. The van der Waals surface area contributed by atoms with Crippen LogP contribution in [0.1, 0.15) is 47.0 Å². The first-order valence-corrected chi connectivity index (χ1v) is 8.65. The Morgan fingerprint density at radius 3 is 2.43 bits per heavy atom. The lowest BCUT2D eigenvalue weighted by Gasteiger charge is -2.53. The number of hydrogen-bond donors (Lipinski definition) is 1. The second-order valence-electron chi connectivity index (χ2n) is 6.93. The first-order chi connectivity index (χ1) is 10.6. The average molecular weight is 359 g/mol. The molecule has 1 aliphatic heterocycles. The van der Waals surface area contributed by atoms with E-state index < -0.39 is 11.3 Å². The molecule has 1 saturated heterocycles. The Kier molecular flexibility index (Phi) is 5.19. The van der Waals surface area contributed by atoms with Gasteiger partial charge in [-0.2, -0.15) is 0 Å². The summed E-state index contributed by atoms with van der Waals surface area (Å²) in [6, 6.07) is 4.75. The molecule has 6 heteroatoms. The SMILES string of the molecule is CCCCN1C(=O)N(c2ccc(Cl)c(Cl)c2)C(C)(O)CC1(C)C. The minimum atomic E-state index is -1.29. The first kappa shape index (κ1) is 18.4. The highest BCUT2D eigenvalue weighted by Gasteiger charge is 2.50. The van der Waals surface area contributed by atoms with Gasteiger partial charge in [0.25, 0.3) is 0 Å². The van der Waals surface area contributed by atoms with E-state index in [9.17, 15) is 9.90 Å². The smallest absolute Gasteiger partial charge is 0.327 e. The predicted octanol–water partition coefficient (Wildman–Crippen LogP) is 4.91. The van der Waals surface area contributed by atoms with Gasteiger partial charge in [0.2, 0.25) is 0 Å². The molecule has 2 rings (SSSR count). The fourth-order valence-electron chi connectivity index (χ4n) is 3.31. The molecule has 23 heavy (non-hydrogen) atoms. The molecular weight excluding hydrogens is 335 g/mol. The summed E-state index contributed by atoms with van der Waals surface area (Å²) in [6.07, 6.45) is 2.37. The van der Waals surface area contributed by atoms with E-state index in [0.29, 0.717) is 28.7 Å². The van der Waals surface area contributed by atoms with E-state index in [1.165, 1.54) is 4.90 Å². The fourth-order valence-corrected chi connectivity index (χ4v) is 3.60. The van der Waals surface area contributed by atoms with Crippen molar-refractivity contribution in [2.45, 2.75) is 58.2 Å². The molecule has 0 bridgehead atoms. The van der Waals surface area contributed by atoms with Gasteiger partial charge in [-0.1, -0.05) is 36.5 Å². The van der Waals surface area contributed by atoms with E-state index in [1.54, 1.807) is 25.1 Å². The second kappa shape index (κ2) is 6.50. The van der Waals surface area contributed by atoms with E-state index in [4.69, 9.17) is 23.2 Å². The summed E-state index contributed by atoms with van der Waals surface area (Å²) in [6.45, 7) is 8.39. The van der Waals surface area contributed by atoms with Crippen LogP contribution in [0.25, 0.3) is 0 Å². The number of carbonyl (C=O) groups excluding carboxylic acids is 1. The molecule has 0 aromatic heterocycles. The van der Waals surface area contributed by atoms with Gasteiger partial charge < -0.3 is 10.0 Å². The van der Waals surface area contributed by atoms with Gasteiger partial charge in [0, 0.05) is 24.2 Å². The summed E-state index contributed by atoms with van der Waals surface area (Å²) in [5.41, 5.74) is -1.16. The van der Waals surface area contributed by atoms with Gasteiger partial charge in [0.05, 0.1) is 10.0 Å². The zero-order valence-electron chi connectivity index (χ0n) is 14.1. The molecule has 0 aliphatic carbocycles. The van der Waals surface area contributed by atoms with Gasteiger partial charge in [0.15, 0.2) is 0 Å². The Labute approximate surface area is 148 Å². The largest absolute Gasteiger partial charge is 0.371 e. The van der Waals surface area contributed by atoms with Gasteiger partial charge in [0.1, 0.15) is 5.72 Å². The summed E-state index contributed by atoms with van der Waals surface area (Å²) in [4.78, 5) is 16.3. The summed E-state index contributed by atoms with van der Waals surface area (Å²) in [5.74, 6) is 0. The van der Waals surface area contributed by atoms with Crippen molar-refractivity contribution in [1.82, 2.24) is 4.90 Å². The lowest BCUT2D eigenvalue weighted by atomic mass is 9.87. The number of anilines is 1. The van der Waals surface area contributed by atoms with E-state index in [0.717, 1.165) is 12.8 Å². The molecule has 1 heterocycles. The summed E-state index contributed by atoms with van der Waals surface area (Å²) in [7, 11) is 0. The van der Waals surface area contributed by atoms with Crippen LogP contribution in [-0.4, -0.2) is 33.8 Å². The monoisotopic (exact) mass is 358 g/mol. The summed E-state index contributed by atoms with van der Waals surface area (Å²) >= 11 is 12.0. The number of rotatable bonds is 4. The minimum Gasteiger partial charge on any atom is -0.371 e. The Bertz CT molecular complexity index is 602. The maximum absolute atomic E-state index is 13.1. The van der Waals surface area contributed by atoms with E-state index in [1.807, 2.05) is 18.7 Å². The maximum atomic E-state index is 13.1. The lowest BCUT2D eigenvalue weighted by molar-refractivity contribution is -0.0255. The predicted molar refractivity (Wildman–Crippen MR) is 95.3 cm³/mol. The molecule has 1 aliphatic rings. The van der Waals surface area contributed by atoms with Crippen LogP contribution < -0.4 is 4.90 Å². The molecule has 4 nitrogen and oxygen atoms in total. The molecule has 1 aromatic carbocycles. The molecular formula is C17H24Cl2N2O2. The number of amides is 2. The Balaban J connectivity index is 2.43. The molecule has 1 aromatic rings. The number of aliphatic hydroxyl groups is 1. The van der Waals surface area contributed by atoms with Crippen molar-refractivity contribution in [3.05, 3.63) is 28.2 Å². The third kappa shape index (κ3) is 3.59. The van der Waals surface area contributed by atoms with Crippen molar-refractivity contribution >= 4 is 34.9 Å². The number of hydrogen-bond acceptors (Lipinski definition) is 2. The van der Waals surface area contributed by atoms with Gasteiger partial charge in [-0.15, -0.1) is 0 Å². The van der Waals surface area contributed by atoms with E-state index in [2.05, 4.69) is 6.92 Å². The number of urea groups is 1. The van der Waals surface area contributed by atoms with Crippen molar-refractivity contribution in [3.8, 4) is 0 Å². The van der Waals surface area contributed by atoms with Crippen LogP contribution in [-0.2, 0) is 0 Å². The van der Waals surface area contributed by atoms with Gasteiger partial charge in [-0.3, -0.25) is 4.90 Å². The number of unbranched alkanes of at least 4 members (excludes halogenated alkanes) is 1. The average Bonchev–Trinajstić information content (AvgIpc) is 2.40. The van der Waals surface area contributed by atoms with Crippen LogP contribution >= 0.6 is 23.2 Å². The van der Waals surface area contributed by atoms with Gasteiger partial charge >= 0.3 is 6.03 Å². The highest BCUT2D eigenvalue weighted by Crippen LogP contribution is 2.40. The zero-order valence-corrected chi connectivity index (χ0v) is 15.6. The molecule has 2 amide bonds. The first-order valence-electron chi connectivity index (χ1n) is 7.89. The number of benzene rings is 1. The maximum Gasteiger partial charge on any atom is 0.327 e. The number of nitrogens with zero attached hydrogens (tertiary/aromatic N) is 2. The van der Waals surface area contributed by atoms with Crippen LogP contribution in [0.4, 0.5) is 10.5 Å². The zero-order chi connectivity index (χ0) is 17.4. The topological polar surface area (TPSA) is 43.8 Å². The molecule has 128 valence electrons. The molecule has 0 saturated carbocycles. The van der Waals surface area contributed by atoms with Crippen molar-refractivity contribution in [3.63, 3.8) is 0 Å². The molecule has 0 radical (unpaired) electrons. The van der Waals surface area contributed by atoms with Gasteiger partial charge in [-0.25, -0.2) is 4.79 Å². The molecule has 0 spiro atoms. The highest BCUT2D eigenvalue weighted by atomic mass is 35.5. The van der Waals surface area contributed by atoms with Crippen LogP contribution in [0.2, 0.25) is 10.0 Å². The minimum absolute atomic E-state index is 0.210. The van der Waals surface area contributed by atoms with Gasteiger partial charge in [-0.05, 0) is 45.4 Å². The molecule has 1 N–H and O–H groups in total. The number of halogens is 2. The van der Waals surface area contributed by atoms with Crippen molar-refractivity contribution in [2.75, 3.05) is 11.4 Å². The quantitative estimate of drug-likeness (QED) is 0.830. The highest BCUT2D eigenvalue weighted by molar-refractivity contribution is 6.42.